The van der Waals surface area contributed by atoms with Gasteiger partial charge in [-0.3, -0.25) is 9.69 Å². The molecule has 0 fully saturated rings. The molecule has 30 heavy (non-hydrogen) atoms. The molecule has 1 amide bonds. The minimum Gasteiger partial charge on any atom is -0.283 e. The molecule has 0 N–H and O–H groups in total. The Bertz CT molecular complexity index is 1250. The summed E-state index contributed by atoms with van der Waals surface area (Å²) in [6, 6.07) is 24.1. The third-order valence-corrected chi connectivity index (χ3v) is 6.89. The number of hydrogen-bond acceptors (Lipinski definition) is 5. The second-order valence-corrected chi connectivity index (χ2v) is 10.0. The molecule has 0 spiro atoms. The normalized spacial score (nSPS) is 11.5. The molecule has 0 saturated carbocycles. The topological polar surface area (TPSA) is 67.3 Å². The molecule has 1 heterocycles. The molecule has 0 bridgehead atoms. The van der Waals surface area contributed by atoms with Crippen molar-refractivity contribution in [1.29, 1.82) is 0 Å². The van der Waals surface area contributed by atoms with Gasteiger partial charge in [0.25, 0.3) is 0 Å². The fourth-order valence-corrected chi connectivity index (χ4v) is 4.74. The summed E-state index contributed by atoms with van der Waals surface area (Å²) in [6.45, 7) is 0.418. The van der Waals surface area contributed by atoms with Gasteiger partial charge >= 0.3 is 0 Å². The summed E-state index contributed by atoms with van der Waals surface area (Å²) in [5, 5.41) is 0.651. The quantitative estimate of drug-likeness (QED) is 0.447. The summed E-state index contributed by atoms with van der Waals surface area (Å²) >= 11 is 1.48. The third-order valence-electron chi connectivity index (χ3n) is 4.70. The van der Waals surface area contributed by atoms with Crippen molar-refractivity contribution in [3.63, 3.8) is 0 Å². The van der Waals surface area contributed by atoms with Crippen molar-refractivity contribution < 1.29 is 13.2 Å². The van der Waals surface area contributed by atoms with Crippen molar-refractivity contribution in [2.75, 3.05) is 11.2 Å². The lowest BCUT2D eigenvalue weighted by Crippen LogP contribution is -2.31. The molecule has 4 aromatic rings. The van der Waals surface area contributed by atoms with Crippen LogP contribution >= 0.6 is 11.3 Å². The van der Waals surface area contributed by atoms with Crippen molar-refractivity contribution >= 4 is 42.4 Å². The van der Waals surface area contributed by atoms with Gasteiger partial charge in [-0.1, -0.05) is 65.9 Å². The maximum atomic E-state index is 13.3. The molecule has 3 aromatic carbocycles. The average molecular weight is 437 g/mol. The molecular weight excluding hydrogens is 416 g/mol. The summed E-state index contributed by atoms with van der Waals surface area (Å²) in [5.41, 5.74) is 2.63. The maximum Gasteiger partial charge on any atom is 0.233 e. The number of amides is 1. The third kappa shape index (κ3) is 4.58. The standard InChI is InChI=1S/C23H20N2O3S2/c1-30(27,28)19-13-11-17(12-14-19)15-22(26)25(16-18-7-3-2-4-8-18)23-24-20-9-5-6-10-21(20)29-23/h2-14H,15-16H2,1H3. The minimum absolute atomic E-state index is 0.0926. The van der Waals surface area contributed by atoms with E-state index in [2.05, 4.69) is 4.98 Å². The predicted molar refractivity (Wildman–Crippen MR) is 121 cm³/mol. The SMILES string of the molecule is CS(=O)(=O)c1ccc(CC(=O)N(Cc2ccccc2)c2nc3ccccc3s2)cc1. The first-order chi connectivity index (χ1) is 14.4. The Morgan fingerprint density at radius 1 is 0.900 bits per heavy atom. The summed E-state index contributed by atoms with van der Waals surface area (Å²) in [6.07, 6.45) is 1.33. The van der Waals surface area contributed by atoms with E-state index in [1.165, 1.54) is 29.7 Å². The van der Waals surface area contributed by atoms with Crippen LogP contribution in [0.25, 0.3) is 10.2 Å². The second kappa shape index (κ2) is 8.38. The number of aromatic nitrogens is 1. The first-order valence-electron chi connectivity index (χ1n) is 9.39. The zero-order chi connectivity index (χ0) is 21.1. The highest BCUT2D eigenvalue weighted by Crippen LogP contribution is 2.30. The van der Waals surface area contributed by atoms with Gasteiger partial charge in [0.15, 0.2) is 15.0 Å². The number of thiazole rings is 1. The highest BCUT2D eigenvalue weighted by Gasteiger charge is 2.21. The molecule has 0 saturated heterocycles. The Hall–Kier alpha value is -3.03. The smallest absolute Gasteiger partial charge is 0.233 e. The van der Waals surface area contributed by atoms with E-state index in [-0.39, 0.29) is 17.2 Å². The van der Waals surface area contributed by atoms with Crippen LogP contribution in [0.15, 0.2) is 83.8 Å². The van der Waals surface area contributed by atoms with Crippen LogP contribution in [-0.4, -0.2) is 25.6 Å². The van der Waals surface area contributed by atoms with Crippen molar-refractivity contribution in [2.24, 2.45) is 0 Å². The van der Waals surface area contributed by atoms with E-state index in [0.717, 1.165) is 21.3 Å². The van der Waals surface area contributed by atoms with Crippen LogP contribution in [-0.2, 0) is 27.6 Å². The molecular formula is C23H20N2O3S2. The lowest BCUT2D eigenvalue weighted by Gasteiger charge is -2.20. The van der Waals surface area contributed by atoms with Crippen molar-refractivity contribution in [2.45, 2.75) is 17.9 Å². The number of anilines is 1. The first kappa shape index (κ1) is 20.3. The summed E-state index contributed by atoms with van der Waals surface area (Å²) in [4.78, 5) is 19.9. The van der Waals surface area contributed by atoms with Gasteiger partial charge in [-0.25, -0.2) is 13.4 Å². The Kier molecular flexibility index (Phi) is 5.65. The number of sulfone groups is 1. The van der Waals surface area contributed by atoms with E-state index >= 15 is 0 Å². The molecule has 0 aliphatic rings. The Morgan fingerprint density at radius 2 is 1.57 bits per heavy atom. The van der Waals surface area contributed by atoms with Crippen LogP contribution in [0.2, 0.25) is 0 Å². The zero-order valence-corrected chi connectivity index (χ0v) is 18.0. The van der Waals surface area contributed by atoms with Gasteiger partial charge in [0.1, 0.15) is 0 Å². The van der Waals surface area contributed by atoms with Gasteiger partial charge in [0.2, 0.25) is 5.91 Å². The fourth-order valence-electron chi connectivity index (χ4n) is 3.13. The van der Waals surface area contributed by atoms with Gasteiger partial charge in [-0.15, -0.1) is 0 Å². The molecule has 5 nitrogen and oxygen atoms in total. The van der Waals surface area contributed by atoms with Gasteiger partial charge < -0.3 is 0 Å². The summed E-state index contributed by atoms with van der Waals surface area (Å²) < 4.78 is 24.4. The largest absolute Gasteiger partial charge is 0.283 e. The number of para-hydroxylation sites is 1. The molecule has 152 valence electrons. The van der Waals surface area contributed by atoms with Crippen LogP contribution in [0, 0.1) is 0 Å². The van der Waals surface area contributed by atoms with Crippen molar-refractivity contribution in [3.8, 4) is 0 Å². The Labute approximate surface area is 179 Å². The molecule has 0 unspecified atom stereocenters. The molecule has 0 atom stereocenters. The van der Waals surface area contributed by atoms with E-state index < -0.39 is 9.84 Å². The lowest BCUT2D eigenvalue weighted by molar-refractivity contribution is -0.118. The first-order valence-corrected chi connectivity index (χ1v) is 12.1. The molecule has 0 radical (unpaired) electrons. The number of rotatable bonds is 6. The van der Waals surface area contributed by atoms with Gasteiger partial charge in [0, 0.05) is 6.26 Å². The van der Waals surface area contributed by atoms with Crippen LogP contribution in [0.1, 0.15) is 11.1 Å². The van der Waals surface area contributed by atoms with Crippen molar-refractivity contribution in [1.82, 2.24) is 4.98 Å². The van der Waals surface area contributed by atoms with E-state index in [0.29, 0.717) is 11.7 Å². The number of fused-ring (bicyclic) bond motifs is 1. The summed E-state index contributed by atoms with van der Waals surface area (Å²) in [5.74, 6) is -0.0926. The minimum atomic E-state index is -3.27. The number of hydrogen-bond donors (Lipinski definition) is 0. The van der Waals surface area contributed by atoms with Crippen LogP contribution in [0.5, 0.6) is 0 Å². The maximum absolute atomic E-state index is 13.3. The summed E-state index contributed by atoms with van der Waals surface area (Å²) in [7, 11) is -3.27. The fraction of sp³-hybridized carbons (Fsp3) is 0.130. The monoisotopic (exact) mass is 436 g/mol. The highest BCUT2D eigenvalue weighted by molar-refractivity contribution is 7.90. The Balaban J connectivity index is 1.63. The lowest BCUT2D eigenvalue weighted by atomic mass is 10.1. The van der Waals surface area contributed by atoms with Gasteiger partial charge in [-0.05, 0) is 35.4 Å². The predicted octanol–water partition coefficient (Wildman–Crippen LogP) is 4.48. The molecule has 0 aliphatic heterocycles. The Morgan fingerprint density at radius 3 is 2.23 bits per heavy atom. The molecule has 4 rings (SSSR count). The van der Waals surface area contributed by atoms with Crippen LogP contribution in [0.4, 0.5) is 5.13 Å². The van der Waals surface area contributed by atoms with E-state index in [9.17, 15) is 13.2 Å². The van der Waals surface area contributed by atoms with Crippen LogP contribution in [0.3, 0.4) is 0 Å². The van der Waals surface area contributed by atoms with Crippen molar-refractivity contribution in [3.05, 3.63) is 90.0 Å². The van der Waals surface area contributed by atoms with E-state index in [4.69, 9.17) is 0 Å². The van der Waals surface area contributed by atoms with Gasteiger partial charge in [-0.2, -0.15) is 0 Å². The highest BCUT2D eigenvalue weighted by atomic mass is 32.2. The average Bonchev–Trinajstić information content (AvgIpc) is 3.16. The molecule has 7 heteroatoms. The second-order valence-electron chi connectivity index (χ2n) is 7.02. The molecule has 1 aromatic heterocycles. The van der Waals surface area contributed by atoms with Crippen LogP contribution < -0.4 is 4.90 Å². The number of benzene rings is 3. The number of carbonyl (C=O) groups is 1. The van der Waals surface area contributed by atoms with E-state index in [1.807, 2.05) is 54.6 Å². The van der Waals surface area contributed by atoms with E-state index in [1.54, 1.807) is 17.0 Å². The van der Waals surface area contributed by atoms with Gasteiger partial charge in [0.05, 0.1) is 28.1 Å². The zero-order valence-electron chi connectivity index (χ0n) is 16.4. The number of nitrogens with zero attached hydrogens (tertiary/aromatic N) is 2. The molecule has 0 aliphatic carbocycles. The number of carbonyl (C=O) groups excluding carboxylic acids is 1.